The van der Waals surface area contributed by atoms with Crippen molar-refractivity contribution < 1.29 is 23.1 Å². The number of hydrogen-bond donors (Lipinski definition) is 2. The molecule has 1 fully saturated rings. The van der Waals surface area contributed by atoms with Crippen LogP contribution in [-0.4, -0.2) is 53.8 Å². The zero-order valence-corrected chi connectivity index (χ0v) is 22.3. The van der Waals surface area contributed by atoms with Crippen molar-refractivity contribution in [1.82, 2.24) is 15.2 Å². The molecule has 3 heterocycles. The number of carbonyl (C=O) groups excluding carboxylic acids is 2. The van der Waals surface area contributed by atoms with Gasteiger partial charge in [-0.15, -0.1) is 0 Å². The van der Waals surface area contributed by atoms with E-state index in [0.717, 1.165) is 0 Å². The molecular weight excluding hydrogens is 516 g/mol. The lowest BCUT2D eigenvalue weighted by atomic mass is 9.96. The number of amides is 3. The van der Waals surface area contributed by atoms with Crippen LogP contribution in [0.1, 0.15) is 31.9 Å². The summed E-state index contributed by atoms with van der Waals surface area (Å²) in [6.07, 6.45) is -0.397. The third kappa shape index (κ3) is 4.69. The zero-order valence-electron chi connectivity index (χ0n) is 21.5. The highest BCUT2D eigenvalue weighted by Gasteiger charge is 2.32. The number of anilines is 2. The molecule has 0 unspecified atom stereocenters. The maximum Gasteiger partial charge on any atom is 0.410 e. The fourth-order valence-corrected chi connectivity index (χ4v) is 5.21. The van der Waals surface area contributed by atoms with Crippen molar-refractivity contribution in [3.05, 3.63) is 52.0 Å². The van der Waals surface area contributed by atoms with Gasteiger partial charge in [0.25, 0.3) is 0 Å². The fraction of sp³-hybridized carbons (Fsp3) is 0.370. The molecule has 2 aromatic carbocycles. The topological polar surface area (TPSA) is 86.8 Å². The molecule has 0 aliphatic carbocycles. The summed E-state index contributed by atoms with van der Waals surface area (Å²) in [6.45, 7) is 8.94. The Morgan fingerprint density at radius 1 is 1.13 bits per heavy atom. The number of hydrogen-bond acceptors (Lipinski definition) is 5. The number of piperazine rings is 1. The number of nitrogens with zero attached hydrogens (tertiary/aromatic N) is 3. The van der Waals surface area contributed by atoms with Gasteiger partial charge in [-0.1, -0.05) is 23.7 Å². The van der Waals surface area contributed by atoms with Gasteiger partial charge in [0.2, 0.25) is 0 Å². The Balaban J connectivity index is 1.62. The van der Waals surface area contributed by atoms with Crippen LogP contribution in [0.3, 0.4) is 0 Å². The van der Waals surface area contributed by atoms with Gasteiger partial charge in [0.1, 0.15) is 22.8 Å². The number of aryl methyl sites for hydroxylation is 1. The first kappa shape index (κ1) is 26.0. The molecule has 2 aliphatic heterocycles. The minimum Gasteiger partial charge on any atom is -0.444 e. The zero-order chi connectivity index (χ0) is 27.4. The minimum absolute atomic E-state index is 0.0300. The lowest BCUT2D eigenvalue weighted by molar-refractivity contribution is 0.0240. The molecule has 38 heavy (non-hydrogen) atoms. The Hall–Kier alpha value is -3.66. The highest BCUT2D eigenvalue weighted by atomic mass is 35.5. The largest absolute Gasteiger partial charge is 0.444 e. The van der Waals surface area contributed by atoms with Gasteiger partial charge in [-0.05, 0) is 45.4 Å². The number of urea groups is 1. The number of pyridine rings is 1. The van der Waals surface area contributed by atoms with E-state index in [1.165, 1.54) is 6.07 Å². The quantitative estimate of drug-likeness (QED) is 0.424. The molecule has 0 spiro atoms. The molecule has 5 rings (SSSR count). The first-order valence-electron chi connectivity index (χ1n) is 12.3. The molecule has 200 valence electrons. The van der Waals surface area contributed by atoms with E-state index in [1.54, 1.807) is 30.0 Å². The van der Waals surface area contributed by atoms with Crippen molar-refractivity contribution >= 4 is 46.1 Å². The Kier molecular flexibility index (Phi) is 6.54. The highest BCUT2D eigenvalue weighted by Crippen LogP contribution is 2.43. The number of nitrogens with one attached hydrogen (secondary N) is 2. The Morgan fingerprint density at radius 3 is 2.50 bits per heavy atom. The maximum atomic E-state index is 16.2. The van der Waals surface area contributed by atoms with Crippen LogP contribution in [-0.2, 0) is 11.3 Å². The number of fused-ring (bicyclic) bond motifs is 2. The monoisotopic (exact) mass is 543 g/mol. The molecule has 3 aromatic rings. The second-order valence-corrected chi connectivity index (χ2v) is 10.8. The van der Waals surface area contributed by atoms with Crippen LogP contribution in [0.15, 0.2) is 24.3 Å². The van der Waals surface area contributed by atoms with Gasteiger partial charge in [0.15, 0.2) is 5.82 Å². The summed E-state index contributed by atoms with van der Waals surface area (Å²) in [7, 11) is 0. The van der Waals surface area contributed by atoms with Gasteiger partial charge in [0.05, 0.1) is 17.3 Å². The van der Waals surface area contributed by atoms with Gasteiger partial charge in [-0.3, -0.25) is 5.32 Å². The number of benzene rings is 2. The van der Waals surface area contributed by atoms with Crippen LogP contribution in [0.2, 0.25) is 5.02 Å². The van der Waals surface area contributed by atoms with E-state index >= 15 is 4.39 Å². The lowest BCUT2D eigenvalue weighted by Crippen LogP contribution is -2.50. The van der Waals surface area contributed by atoms with Crippen molar-refractivity contribution in [3.63, 3.8) is 0 Å². The van der Waals surface area contributed by atoms with Crippen LogP contribution in [0.4, 0.5) is 29.9 Å². The molecule has 0 bridgehead atoms. The predicted molar refractivity (Wildman–Crippen MR) is 143 cm³/mol. The lowest BCUT2D eigenvalue weighted by Gasteiger charge is -2.38. The summed E-state index contributed by atoms with van der Waals surface area (Å²) in [5.74, 6) is -1.15. The van der Waals surface area contributed by atoms with Crippen molar-refractivity contribution in [3.8, 4) is 11.1 Å². The van der Waals surface area contributed by atoms with E-state index in [0.29, 0.717) is 48.4 Å². The molecule has 1 aromatic heterocycles. The molecule has 8 nitrogen and oxygen atoms in total. The van der Waals surface area contributed by atoms with Gasteiger partial charge in [0, 0.05) is 48.3 Å². The van der Waals surface area contributed by atoms with Crippen molar-refractivity contribution in [1.29, 1.82) is 0 Å². The summed E-state index contributed by atoms with van der Waals surface area (Å²) < 4.78 is 36.5. The molecular formula is C27H28ClF2N5O3. The third-order valence-electron chi connectivity index (χ3n) is 6.62. The van der Waals surface area contributed by atoms with Crippen molar-refractivity contribution in [2.24, 2.45) is 0 Å². The number of carbonyl (C=O) groups is 2. The summed E-state index contributed by atoms with van der Waals surface area (Å²) in [6, 6.07) is 5.63. The van der Waals surface area contributed by atoms with E-state index in [4.69, 9.17) is 16.3 Å². The Bertz CT molecular complexity index is 1450. The standard InChI is InChI=1S/C27H28ClF2N5O3/c1-14-6-5-7-18(29)19(14)20-17(28)12-15-22(21(20)30)32-24-16(13-31-25(36)33-24)23(15)34-8-10-35(11-9-34)26(37)38-27(2,3)4/h5-7,12H,8-11,13H2,1-4H3,(H2,31,32,33,36). The van der Waals surface area contributed by atoms with E-state index in [2.05, 4.69) is 15.6 Å². The van der Waals surface area contributed by atoms with Gasteiger partial charge in [-0.25, -0.2) is 23.4 Å². The predicted octanol–water partition coefficient (Wildman–Crippen LogP) is 5.83. The average molecular weight is 544 g/mol. The third-order valence-corrected chi connectivity index (χ3v) is 6.92. The smallest absolute Gasteiger partial charge is 0.410 e. The number of halogens is 3. The molecule has 11 heteroatoms. The molecule has 2 N–H and O–H groups in total. The molecule has 1 saturated heterocycles. The first-order chi connectivity index (χ1) is 17.9. The molecule has 0 saturated carbocycles. The molecule has 3 amide bonds. The van der Waals surface area contributed by atoms with Crippen molar-refractivity contribution in [2.75, 3.05) is 36.4 Å². The molecule has 2 aliphatic rings. The summed E-state index contributed by atoms with van der Waals surface area (Å²) in [4.78, 5) is 32.8. The van der Waals surface area contributed by atoms with Gasteiger partial charge >= 0.3 is 12.1 Å². The Labute approximate surface area is 223 Å². The van der Waals surface area contributed by atoms with Gasteiger partial charge < -0.3 is 19.9 Å². The van der Waals surface area contributed by atoms with Crippen LogP contribution < -0.4 is 15.5 Å². The number of aromatic nitrogens is 1. The SMILES string of the molecule is Cc1cccc(F)c1-c1c(Cl)cc2c(N3CCN(C(=O)OC(C)(C)C)CC3)c3c(nc2c1F)NC(=O)NC3. The molecule has 0 atom stereocenters. The van der Waals surface area contributed by atoms with Crippen LogP contribution in [0, 0.1) is 18.6 Å². The normalized spacial score (nSPS) is 15.7. The highest BCUT2D eigenvalue weighted by molar-refractivity contribution is 6.34. The van der Waals surface area contributed by atoms with Crippen molar-refractivity contribution in [2.45, 2.75) is 39.8 Å². The summed E-state index contributed by atoms with van der Waals surface area (Å²) in [5, 5.41) is 5.89. The second kappa shape index (κ2) is 9.58. The summed E-state index contributed by atoms with van der Waals surface area (Å²) in [5.41, 5.74) is 1.20. The van der Waals surface area contributed by atoms with Crippen LogP contribution >= 0.6 is 11.6 Å². The van der Waals surface area contributed by atoms with E-state index in [9.17, 15) is 14.0 Å². The van der Waals surface area contributed by atoms with E-state index in [-0.39, 0.29) is 34.0 Å². The molecule has 0 radical (unpaired) electrons. The Morgan fingerprint density at radius 2 is 1.84 bits per heavy atom. The van der Waals surface area contributed by atoms with Crippen LogP contribution in [0.25, 0.3) is 22.0 Å². The first-order valence-corrected chi connectivity index (χ1v) is 12.7. The summed E-state index contributed by atoms with van der Waals surface area (Å²) >= 11 is 6.62. The fourth-order valence-electron chi connectivity index (χ4n) is 4.92. The maximum absolute atomic E-state index is 16.2. The number of rotatable bonds is 2. The second-order valence-electron chi connectivity index (χ2n) is 10.4. The van der Waals surface area contributed by atoms with Crippen LogP contribution in [0.5, 0.6) is 0 Å². The number of ether oxygens (including phenoxy) is 1. The average Bonchev–Trinajstić information content (AvgIpc) is 2.84. The minimum atomic E-state index is -0.773. The van der Waals surface area contributed by atoms with Gasteiger partial charge in [-0.2, -0.15) is 0 Å². The van der Waals surface area contributed by atoms with E-state index in [1.807, 2.05) is 25.7 Å². The van der Waals surface area contributed by atoms with E-state index < -0.39 is 29.4 Å².